The Morgan fingerprint density at radius 2 is 1.90 bits per heavy atom. The average molecular weight is 710 g/mol. The fourth-order valence-electron chi connectivity index (χ4n) is 4.28. The Balaban J connectivity index is 1.35. The number of thioether (sulfide) groups is 1. The number of amidine groups is 1. The first kappa shape index (κ1) is 34.3. The lowest BCUT2D eigenvalue weighted by Crippen LogP contribution is -2.28. The summed E-state index contributed by atoms with van der Waals surface area (Å²) < 4.78 is 39.6. The molecule has 0 radical (unpaired) electrons. The summed E-state index contributed by atoms with van der Waals surface area (Å²) in [5.41, 5.74) is 1.39. The molecule has 1 saturated heterocycles. The maximum atomic E-state index is 13.6. The average Bonchev–Trinajstić information content (AvgIpc) is 3.66. The predicted octanol–water partition coefficient (Wildman–Crippen LogP) is 5.21. The number of nitrogens with one attached hydrogen (secondary N) is 1. The smallest absolute Gasteiger partial charge is 0.267 e. The van der Waals surface area contributed by atoms with Crippen molar-refractivity contribution in [3.05, 3.63) is 106 Å². The lowest BCUT2D eigenvalue weighted by Gasteiger charge is -2.13. The number of rotatable bonds is 12. The molecular weight excluding hydrogens is 682 g/mol. The van der Waals surface area contributed by atoms with Crippen LogP contribution in [0, 0.1) is 0 Å². The molecule has 1 aromatic heterocycles. The lowest BCUT2D eigenvalue weighted by molar-refractivity contribution is -0.122. The number of carbonyl (C=O) groups is 2. The topological polar surface area (TPSA) is 186 Å². The van der Waals surface area contributed by atoms with E-state index in [1.165, 1.54) is 47.7 Å². The first-order valence-electron chi connectivity index (χ1n) is 14.2. The van der Waals surface area contributed by atoms with Gasteiger partial charge in [-0.05, 0) is 103 Å². The molecule has 0 bridgehead atoms. The van der Waals surface area contributed by atoms with Gasteiger partial charge in [0.15, 0.2) is 23.3 Å². The van der Waals surface area contributed by atoms with E-state index in [2.05, 4.69) is 15.5 Å². The number of amides is 2. The van der Waals surface area contributed by atoms with Crippen molar-refractivity contribution >= 4 is 68.3 Å². The van der Waals surface area contributed by atoms with Crippen LogP contribution >= 0.6 is 23.4 Å². The summed E-state index contributed by atoms with van der Waals surface area (Å²) in [4.78, 5) is 27.8. The molecule has 248 valence electrons. The van der Waals surface area contributed by atoms with Gasteiger partial charge in [0.1, 0.15) is 11.5 Å². The van der Waals surface area contributed by atoms with Crippen molar-refractivity contribution in [2.75, 3.05) is 18.5 Å². The molecule has 48 heavy (non-hydrogen) atoms. The SMILES string of the molecule is CCOc1cc(/C=N/N=C2\S/C(=C\c3cc(Cl)ccc3OCC(=O)Nc3ccc(S(N)(=O)=O)cc3)C(=O)N2Cc2ccco2)ccc1O. The van der Waals surface area contributed by atoms with Crippen molar-refractivity contribution in [1.82, 2.24) is 4.90 Å². The van der Waals surface area contributed by atoms with Gasteiger partial charge in [0.2, 0.25) is 10.0 Å². The van der Waals surface area contributed by atoms with Crippen molar-refractivity contribution in [3.8, 4) is 17.2 Å². The number of furan rings is 1. The molecular formula is C32H28ClN5O8S2. The summed E-state index contributed by atoms with van der Waals surface area (Å²) in [6.45, 7) is 1.87. The van der Waals surface area contributed by atoms with Gasteiger partial charge >= 0.3 is 0 Å². The molecule has 4 aromatic rings. The Morgan fingerprint density at radius 1 is 1.10 bits per heavy atom. The van der Waals surface area contributed by atoms with Crippen LogP contribution < -0.4 is 19.9 Å². The molecule has 0 atom stereocenters. The van der Waals surface area contributed by atoms with Crippen molar-refractivity contribution in [1.29, 1.82) is 0 Å². The quantitative estimate of drug-likeness (QED) is 0.101. The van der Waals surface area contributed by atoms with E-state index in [1.807, 2.05) is 0 Å². The van der Waals surface area contributed by atoms with Gasteiger partial charge in [-0.25, -0.2) is 13.6 Å². The molecule has 4 N–H and O–H groups in total. The van der Waals surface area contributed by atoms with Gasteiger partial charge in [0, 0.05) is 16.3 Å². The van der Waals surface area contributed by atoms with Crippen molar-refractivity contribution in [3.63, 3.8) is 0 Å². The van der Waals surface area contributed by atoms with Crippen LogP contribution in [0.1, 0.15) is 23.8 Å². The monoisotopic (exact) mass is 709 g/mol. The van der Waals surface area contributed by atoms with E-state index in [-0.39, 0.29) is 38.9 Å². The number of carbonyl (C=O) groups excluding carboxylic acids is 2. The standard InChI is InChI=1S/C32H28ClN5O8S2/c1-2-44-28-14-20(5-11-26(28)39)17-35-37-32-38(18-24-4-3-13-45-24)31(41)29(47-32)16-21-15-22(33)6-12-27(21)46-19-30(40)36-23-7-9-25(10-8-23)48(34,42)43/h3-17,39H,2,18-19H2,1H3,(H,36,40)(H2,34,42,43)/b29-16-,35-17+,37-32-. The summed E-state index contributed by atoms with van der Waals surface area (Å²) in [6, 6.07) is 18.3. The molecule has 13 nitrogen and oxygen atoms in total. The summed E-state index contributed by atoms with van der Waals surface area (Å²) in [5, 5.41) is 26.8. The fourth-order valence-corrected chi connectivity index (χ4v) is 5.90. The molecule has 5 rings (SSSR count). The summed E-state index contributed by atoms with van der Waals surface area (Å²) in [7, 11) is -3.87. The van der Waals surface area contributed by atoms with Crippen LogP contribution in [-0.2, 0) is 26.2 Å². The summed E-state index contributed by atoms with van der Waals surface area (Å²) in [6.07, 6.45) is 4.55. The van der Waals surface area contributed by atoms with Gasteiger partial charge in [-0.15, -0.1) is 5.10 Å². The zero-order valence-corrected chi connectivity index (χ0v) is 27.6. The molecule has 1 aliphatic rings. The molecule has 16 heteroatoms. The molecule has 2 heterocycles. The highest BCUT2D eigenvalue weighted by atomic mass is 35.5. The lowest BCUT2D eigenvalue weighted by atomic mass is 10.2. The number of phenols is 1. The molecule has 0 saturated carbocycles. The van der Waals surface area contributed by atoms with Crippen LogP contribution in [0.25, 0.3) is 6.08 Å². The minimum absolute atomic E-state index is 0.00111. The number of halogens is 1. The highest BCUT2D eigenvalue weighted by Crippen LogP contribution is 2.36. The molecule has 0 unspecified atom stereocenters. The maximum Gasteiger partial charge on any atom is 0.267 e. The predicted molar refractivity (Wildman–Crippen MR) is 183 cm³/mol. The van der Waals surface area contributed by atoms with Crippen molar-refractivity contribution in [2.45, 2.75) is 18.4 Å². The highest BCUT2D eigenvalue weighted by molar-refractivity contribution is 8.18. The Bertz CT molecular complexity index is 2010. The first-order chi connectivity index (χ1) is 23.0. The zero-order valence-electron chi connectivity index (χ0n) is 25.2. The minimum atomic E-state index is -3.87. The Morgan fingerprint density at radius 3 is 2.60 bits per heavy atom. The number of ether oxygens (including phenoxy) is 2. The number of nitrogens with zero attached hydrogens (tertiary/aromatic N) is 3. The normalized spacial score (nSPS) is 15.1. The Hall–Kier alpha value is -5.09. The van der Waals surface area contributed by atoms with Gasteiger partial charge in [0.05, 0.1) is 35.4 Å². The number of anilines is 1. The second-order valence-electron chi connectivity index (χ2n) is 9.96. The van der Waals surface area contributed by atoms with Gasteiger partial charge in [0.25, 0.3) is 11.8 Å². The second-order valence-corrected chi connectivity index (χ2v) is 13.0. The Labute approximate surface area is 284 Å². The largest absolute Gasteiger partial charge is 0.504 e. The first-order valence-corrected chi connectivity index (χ1v) is 16.9. The molecule has 1 aliphatic heterocycles. The van der Waals surface area contributed by atoms with Crippen LogP contribution in [0.5, 0.6) is 17.2 Å². The molecule has 2 amide bonds. The van der Waals surface area contributed by atoms with Gasteiger partial charge in [-0.1, -0.05) is 11.6 Å². The van der Waals surface area contributed by atoms with Crippen LogP contribution in [0.4, 0.5) is 5.69 Å². The molecule has 0 aliphatic carbocycles. The van der Waals surface area contributed by atoms with Crippen molar-refractivity contribution < 1.29 is 37.0 Å². The van der Waals surface area contributed by atoms with E-state index in [4.69, 9.17) is 30.6 Å². The third-order valence-electron chi connectivity index (χ3n) is 6.50. The van der Waals surface area contributed by atoms with E-state index < -0.39 is 22.5 Å². The molecule has 0 spiro atoms. The van der Waals surface area contributed by atoms with Crippen molar-refractivity contribution in [2.24, 2.45) is 15.3 Å². The molecule has 1 fully saturated rings. The van der Waals surface area contributed by atoms with Gasteiger partial charge in [-0.3, -0.25) is 14.5 Å². The summed E-state index contributed by atoms with van der Waals surface area (Å²) in [5.74, 6) is 0.216. The van der Waals surface area contributed by atoms with Gasteiger partial charge < -0.3 is 24.3 Å². The number of nitrogens with two attached hydrogens (primary N) is 1. The van der Waals surface area contributed by atoms with Crippen LogP contribution in [0.3, 0.4) is 0 Å². The van der Waals surface area contributed by atoms with E-state index in [0.717, 1.165) is 11.8 Å². The molecule has 3 aromatic carbocycles. The fraction of sp³-hybridized carbons (Fsp3) is 0.125. The van der Waals surface area contributed by atoms with E-state index in [1.54, 1.807) is 55.5 Å². The minimum Gasteiger partial charge on any atom is -0.504 e. The highest BCUT2D eigenvalue weighted by Gasteiger charge is 2.34. The third kappa shape index (κ3) is 8.83. The van der Waals surface area contributed by atoms with Crippen LogP contribution in [0.15, 0.2) is 103 Å². The van der Waals surface area contributed by atoms with E-state index >= 15 is 0 Å². The number of sulfonamides is 1. The zero-order chi connectivity index (χ0) is 34.3. The number of benzene rings is 3. The van der Waals surface area contributed by atoms with E-state index in [0.29, 0.717) is 40.0 Å². The second kappa shape index (κ2) is 15.2. The summed E-state index contributed by atoms with van der Waals surface area (Å²) >= 11 is 7.35. The number of hydrogen-bond donors (Lipinski definition) is 3. The third-order valence-corrected chi connectivity index (χ3v) is 8.66. The number of hydrogen-bond acceptors (Lipinski definition) is 11. The maximum absolute atomic E-state index is 13.6. The number of phenolic OH excluding ortho intramolecular Hbond substituents is 1. The van der Waals surface area contributed by atoms with Crippen LogP contribution in [-0.4, -0.2) is 54.8 Å². The van der Waals surface area contributed by atoms with E-state index in [9.17, 15) is 23.1 Å². The number of aromatic hydroxyl groups is 1. The Kier molecular flexibility index (Phi) is 10.9. The number of primary sulfonamides is 1. The van der Waals surface area contributed by atoms with Crippen LogP contribution in [0.2, 0.25) is 5.02 Å². The van der Waals surface area contributed by atoms with Gasteiger partial charge in [-0.2, -0.15) is 5.10 Å².